The van der Waals surface area contributed by atoms with Crippen LogP contribution in [0.15, 0.2) is 24.3 Å². The molecule has 124 valence electrons. The summed E-state index contributed by atoms with van der Waals surface area (Å²) >= 11 is 6.91. The van der Waals surface area contributed by atoms with Crippen LogP contribution in [0.25, 0.3) is 0 Å². The molecule has 0 radical (unpaired) electrons. The largest absolute Gasteiger partial charge is 0.409 e. The smallest absolute Gasteiger partial charge is 0.379 e. The maximum absolute atomic E-state index is 13.6. The maximum atomic E-state index is 13.6. The van der Waals surface area contributed by atoms with Crippen molar-refractivity contribution in [2.45, 2.75) is 19.1 Å². The van der Waals surface area contributed by atoms with E-state index < -0.39 is 12.2 Å². The van der Waals surface area contributed by atoms with Crippen molar-refractivity contribution in [3.05, 3.63) is 34.9 Å². The molecule has 1 fully saturated rings. The van der Waals surface area contributed by atoms with Crippen LogP contribution >= 0.6 is 23.7 Å². The summed E-state index contributed by atoms with van der Waals surface area (Å²) in [6.45, 7) is 4.32. The van der Waals surface area contributed by atoms with Gasteiger partial charge < -0.3 is 4.74 Å². The fourth-order valence-corrected chi connectivity index (χ4v) is 3.41. The monoisotopic (exact) mass is 354 g/mol. The Kier molecular flexibility index (Phi) is 6.40. The summed E-state index contributed by atoms with van der Waals surface area (Å²) in [5.41, 5.74) is 0.194. The predicted molar refractivity (Wildman–Crippen MR) is 82.6 cm³/mol. The van der Waals surface area contributed by atoms with Gasteiger partial charge in [-0.1, -0.05) is 30.7 Å². The van der Waals surface area contributed by atoms with Gasteiger partial charge in [-0.05, 0) is 17.7 Å². The Morgan fingerprint density at radius 1 is 1.27 bits per heavy atom. The number of ether oxygens (including phenoxy) is 1. The molecule has 0 N–H and O–H groups in total. The zero-order chi connectivity index (χ0) is 16.2. The van der Waals surface area contributed by atoms with Crippen LogP contribution in [-0.4, -0.2) is 47.6 Å². The molecular formula is C14H18ClF3N2OS. The van der Waals surface area contributed by atoms with E-state index in [0.29, 0.717) is 31.3 Å². The van der Waals surface area contributed by atoms with Gasteiger partial charge in [0.1, 0.15) is 6.04 Å². The fourth-order valence-electron chi connectivity index (χ4n) is 2.23. The molecule has 1 heterocycles. The van der Waals surface area contributed by atoms with Crippen LogP contribution in [0.2, 0.25) is 5.02 Å². The summed E-state index contributed by atoms with van der Waals surface area (Å²) in [4.78, 5) is 0. The van der Waals surface area contributed by atoms with Crippen LogP contribution in [0.1, 0.15) is 18.5 Å². The topological polar surface area (TPSA) is 15.7 Å². The number of alkyl halides is 3. The molecule has 1 atom stereocenters. The minimum Gasteiger partial charge on any atom is -0.379 e. The van der Waals surface area contributed by atoms with Crippen molar-refractivity contribution in [3.63, 3.8) is 0 Å². The highest BCUT2D eigenvalue weighted by molar-refractivity contribution is 7.94. The van der Waals surface area contributed by atoms with Crippen molar-refractivity contribution in [1.82, 2.24) is 8.61 Å². The number of rotatable bonds is 5. The summed E-state index contributed by atoms with van der Waals surface area (Å²) in [6, 6.07) is 4.18. The van der Waals surface area contributed by atoms with Gasteiger partial charge in [0.25, 0.3) is 0 Å². The minimum atomic E-state index is -4.36. The lowest BCUT2D eigenvalue weighted by atomic mass is 10.1. The van der Waals surface area contributed by atoms with E-state index in [2.05, 4.69) is 0 Å². The first-order chi connectivity index (χ1) is 10.4. The first-order valence-electron chi connectivity index (χ1n) is 7.01. The van der Waals surface area contributed by atoms with Crippen molar-refractivity contribution in [2.75, 3.05) is 32.8 Å². The van der Waals surface area contributed by atoms with E-state index in [1.165, 1.54) is 28.6 Å². The van der Waals surface area contributed by atoms with Gasteiger partial charge in [0.2, 0.25) is 0 Å². The van der Waals surface area contributed by atoms with Gasteiger partial charge in [0, 0.05) is 36.8 Å². The lowest BCUT2D eigenvalue weighted by molar-refractivity contribution is -0.172. The van der Waals surface area contributed by atoms with E-state index in [1.54, 1.807) is 6.92 Å². The summed E-state index contributed by atoms with van der Waals surface area (Å²) in [7, 11) is 0. The third kappa shape index (κ3) is 4.76. The molecule has 2 rings (SSSR count). The second-order valence-electron chi connectivity index (χ2n) is 4.85. The third-order valence-electron chi connectivity index (χ3n) is 3.29. The zero-order valence-electron chi connectivity index (χ0n) is 12.1. The van der Waals surface area contributed by atoms with E-state index in [4.69, 9.17) is 16.3 Å². The van der Waals surface area contributed by atoms with Crippen LogP contribution in [0.5, 0.6) is 0 Å². The minimum absolute atomic E-state index is 0.194. The summed E-state index contributed by atoms with van der Waals surface area (Å²) in [5, 5.41) is 0.425. The Bertz CT molecular complexity index is 466. The van der Waals surface area contributed by atoms with Crippen LogP contribution in [-0.2, 0) is 4.74 Å². The summed E-state index contributed by atoms with van der Waals surface area (Å²) < 4.78 is 49.2. The zero-order valence-corrected chi connectivity index (χ0v) is 13.7. The normalized spacial score (nSPS) is 18.6. The molecule has 3 nitrogen and oxygen atoms in total. The average molecular weight is 355 g/mol. The summed E-state index contributed by atoms with van der Waals surface area (Å²) in [5.74, 6) is 0. The molecule has 0 amide bonds. The van der Waals surface area contributed by atoms with Crippen molar-refractivity contribution in [3.8, 4) is 0 Å². The predicted octanol–water partition coefficient (Wildman–Crippen LogP) is 4.16. The van der Waals surface area contributed by atoms with Gasteiger partial charge in [-0.3, -0.25) is 0 Å². The van der Waals surface area contributed by atoms with E-state index in [1.807, 2.05) is 4.31 Å². The number of halogens is 4. The highest BCUT2D eigenvalue weighted by atomic mass is 35.5. The highest BCUT2D eigenvalue weighted by Gasteiger charge is 2.45. The molecule has 1 aliphatic rings. The molecule has 1 aromatic carbocycles. The van der Waals surface area contributed by atoms with Gasteiger partial charge in [-0.25, -0.2) is 8.61 Å². The maximum Gasteiger partial charge on any atom is 0.409 e. The van der Waals surface area contributed by atoms with Crippen molar-refractivity contribution < 1.29 is 17.9 Å². The quantitative estimate of drug-likeness (QED) is 0.737. The Hall–Kier alpha value is -0.470. The molecule has 0 aliphatic carbocycles. The molecular weight excluding hydrogens is 337 g/mol. The fraction of sp³-hybridized carbons (Fsp3) is 0.571. The van der Waals surface area contributed by atoms with Gasteiger partial charge in [-0.15, -0.1) is 0 Å². The first-order valence-corrected chi connectivity index (χ1v) is 8.12. The van der Waals surface area contributed by atoms with Crippen molar-refractivity contribution in [1.29, 1.82) is 0 Å². The van der Waals surface area contributed by atoms with E-state index in [-0.39, 0.29) is 12.1 Å². The van der Waals surface area contributed by atoms with E-state index in [0.717, 1.165) is 12.1 Å². The molecule has 1 saturated heterocycles. The molecule has 8 heteroatoms. The highest BCUT2D eigenvalue weighted by Crippen LogP contribution is 2.41. The molecule has 0 saturated carbocycles. The van der Waals surface area contributed by atoms with Gasteiger partial charge in [-0.2, -0.15) is 13.2 Å². The standard InChI is InChI=1S/C14H18ClF3N2OS/c1-2-20(22-19-7-9-21-10-8-19)13(14(16,17)18)11-3-5-12(15)6-4-11/h3-6,13H,2,7-10H2,1H3/t13-/m1/s1. The number of hydrogen-bond acceptors (Lipinski definition) is 4. The van der Waals surface area contributed by atoms with Crippen molar-refractivity contribution >= 4 is 23.7 Å². The number of hydrogen-bond donors (Lipinski definition) is 0. The van der Waals surface area contributed by atoms with Crippen LogP contribution < -0.4 is 0 Å². The Morgan fingerprint density at radius 3 is 2.36 bits per heavy atom. The molecule has 0 aromatic heterocycles. The Balaban J connectivity index is 2.20. The van der Waals surface area contributed by atoms with E-state index >= 15 is 0 Å². The lowest BCUT2D eigenvalue weighted by Crippen LogP contribution is -2.40. The molecule has 0 spiro atoms. The Morgan fingerprint density at radius 2 is 1.86 bits per heavy atom. The van der Waals surface area contributed by atoms with Crippen molar-refractivity contribution in [2.24, 2.45) is 0 Å². The number of benzene rings is 1. The SMILES string of the molecule is CCN(SN1CCOCC1)[C@H](c1ccc(Cl)cc1)C(F)(F)F. The molecule has 1 aliphatic heterocycles. The van der Waals surface area contributed by atoms with E-state index in [9.17, 15) is 13.2 Å². The summed E-state index contributed by atoms with van der Waals surface area (Å²) in [6.07, 6.45) is -4.36. The van der Waals surface area contributed by atoms with Crippen LogP contribution in [0, 0.1) is 0 Å². The first kappa shape index (κ1) is 17.9. The van der Waals surface area contributed by atoms with Crippen LogP contribution in [0.3, 0.4) is 0 Å². The second kappa shape index (κ2) is 7.88. The number of nitrogens with zero attached hydrogens (tertiary/aromatic N) is 2. The molecule has 0 unspecified atom stereocenters. The Labute approximate surface area is 137 Å². The van der Waals surface area contributed by atoms with Gasteiger partial charge in [0.05, 0.1) is 13.2 Å². The molecule has 0 bridgehead atoms. The lowest BCUT2D eigenvalue weighted by Gasteiger charge is -2.36. The number of morpholine rings is 1. The molecule has 1 aromatic rings. The van der Waals surface area contributed by atoms with Crippen LogP contribution in [0.4, 0.5) is 13.2 Å². The van der Waals surface area contributed by atoms with Gasteiger partial charge >= 0.3 is 6.18 Å². The van der Waals surface area contributed by atoms with Gasteiger partial charge in [0.15, 0.2) is 0 Å². The average Bonchev–Trinajstić information content (AvgIpc) is 2.48. The third-order valence-corrected chi connectivity index (χ3v) is 4.81. The molecule has 22 heavy (non-hydrogen) atoms. The second-order valence-corrected chi connectivity index (χ2v) is 6.44.